The standard InChI is InChI=1S/C18H13Cl2F2NO4/c19-12-4-7-14(20)15(9-12)23-16(24)10-26-17(25)8-3-11-1-5-13(6-2-11)27-18(21)22/h1-9,18H,10H2,(H,23,24)/b8-3+. The molecule has 2 aromatic carbocycles. The van der Waals surface area contributed by atoms with Crippen molar-refractivity contribution < 1.29 is 27.8 Å². The molecule has 0 aliphatic rings. The van der Waals surface area contributed by atoms with E-state index >= 15 is 0 Å². The molecule has 2 rings (SSSR count). The number of carbonyl (C=O) groups excluding carboxylic acids is 2. The molecule has 1 amide bonds. The number of anilines is 1. The van der Waals surface area contributed by atoms with Gasteiger partial charge in [-0.2, -0.15) is 8.78 Å². The zero-order valence-corrected chi connectivity index (χ0v) is 15.1. The molecular formula is C18H13Cl2F2NO4. The second-order valence-electron chi connectivity index (χ2n) is 5.06. The Morgan fingerprint density at radius 2 is 1.81 bits per heavy atom. The number of hydrogen-bond donors (Lipinski definition) is 1. The van der Waals surface area contributed by atoms with Gasteiger partial charge in [0.15, 0.2) is 6.61 Å². The van der Waals surface area contributed by atoms with Crippen LogP contribution in [0.3, 0.4) is 0 Å². The highest BCUT2D eigenvalue weighted by Crippen LogP contribution is 2.25. The van der Waals surface area contributed by atoms with Gasteiger partial charge in [0.05, 0.1) is 10.7 Å². The van der Waals surface area contributed by atoms with Crippen LogP contribution < -0.4 is 10.1 Å². The molecule has 0 aliphatic heterocycles. The summed E-state index contributed by atoms with van der Waals surface area (Å²) in [6, 6.07) is 10.2. The van der Waals surface area contributed by atoms with Crippen molar-refractivity contribution in [1.29, 1.82) is 0 Å². The van der Waals surface area contributed by atoms with E-state index < -0.39 is 25.1 Å². The van der Waals surface area contributed by atoms with Crippen molar-refractivity contribution >= 4 is 46.8 Å². The third kappa shape index (κ3) is 7.24. The Morgan fingerprint density at radius 3 is 2.48 bits per heavy atom. The third-order valence-corrected chi connectivity index (χ3v) is 3.63. The fraction of sp³-hybridized carbons (Fsp3) is 0.111. The molecule has 0 aromatic heterocycles. The van der Waals surface area contributed by atoms with Gasteiger partial charge in [-0.05, 0) is 42.0 Å². The number of amides is 1. The van der Waals surface area contributed by atoms with Gasteiger partial charge >= 0.3 is 12.6 Å². The fourth-order valence-corrected chi connectivity index (χ4v) is 2.23. The molecule has 0 spiro atoms. The van der Waals surface area contributed by atoms with Crippen LogP contribution in [-0.4, -0.2) is 25.1 Å². The van der Waals surface area contributed by atoms with Gasteiger partial charge in [-0.3, -0.25) is 4.79 Å². The number of nitrogens with one attached hydrogen (secondary N) is 1. The Morgan fingerprint density at radius 1 is 1.11 bits per heavy atom. The van der Waals surface area contributed by atoms with Crippen LogP contribution in [-0.2, 0) is 14.3 Å². The Bertz CT molecular complexity index is 842. The quantitative estimate of drug-likeness (QED) is 0.521. The highest BCUT2D eigenvalue weighted by molar-refractivity contribution is 6.35. The summed E-state index contributed by atoms with van der Waals surface area (Å²) in [4.78, 5) is 23.4. The van der Waals surface area contributed by atoms with E-state index in [0.29, 0.717) is 21.3 Å². The molecule has 9 heteroatoms. The van der Waals surface area contributed by atoms with Crippen LogP contribution in [0.25, 0.3) is 6.08 Å². The average Bonchev–Trinajstić information content (AvgIpc) is 2.62. The average molecular weight is 416 g/mol. The number of halogens is 4. The first kappa shape index (κ1) is 20.7. The normalized spacial score (nSPS) is 10.9. The maximum absolute atomic E-state index is 12.1. The molecule has 0 saturated carbocycles. The summed E-state index contributed by atoms with van der Waals surface area (Å²) in [6.45, 7) is -3.43. The van der Waals surface area contributed by atoms with E-state index in [-0.39, 0.29) is 5.75 Å². The minimum Gasteiger partial charge on any atom is -0.452 e. The number of ether oxygens (including phenoxy) is 2. The Balaban J connectivity index is 1.82. The van der Waals surface area contributed by atoms with Crippen molar-refractivity contribution in [3.63, 3.8) is 0 Å². The van der Waals surface area contributed by atoms with Crippen LogP contribution in [0.15, 0.2) is 48.5 Å². The Kier molecular flexibility index (Phi) is 7.57. The van der Waals surface area contributed by atoms with Crippen LogP contribution >= 0.6 is 23.2 Å². The first-order chi connectivity index (χ1) is 12.8. The molecule has 0 fully saturated rings. The highest BCUT2D eigenvalue weighted by atomic mass is 35.5. The number of hydrogen-bond acceptors (Lipinski definition) is 4. The lowest BCUT2D eigenvalue weighted by Crippen LogP contribution is -2.20. The number of alkyl halides is 2. The summed E-state index contributed by atoms with van der Waals surface area (Å²) < 4.78 is 33.1. The van der Waals surface area contributed by atoms with Gasteiger partial charge < -0.3 is 14.8 Å². The molecular weight excluding hydrogens is 403 g/mol. The Labute approximate surface area is 163 Å². The van der Waals surface area contributed by atoms with Crippen molar-refractivity contribution in [3.8, 4) is 5.75 Å². The second-order valence-corrected chi connectivity index (χ2v) is 5.90. The van der Waals surface area contributed by atoms with E-state index in [1.165, 1.54) is 42.5 Å². The molecule has 5 nitrogen and oxygen atoms in total. The van der Waals surface area contributed by atoms with E-state index in [0.717, 1.165) is 6.08 Å². The summed E-state index contributed by atoms with van der Waals surface area (Å²) in [5.74, 6) is -1.34. The van der Waals surface area contributed by atoms with Crippen LogP contribution in [0.4, 0.5) is 14.5 Å². The fourth-order valence-electron chi connectivity index (χ4n) is 1.89. The summed E-state index contributed by atoms with van der Waals surface area (Å²) in [5.41, 5.74) is 0.857. The molecule has 1 N–H and O–H groups in total. The zero-order valence-electron chi connectivity index (χ0n) is 13.6. The summed E-state index contributed by atoms with van der Waals surface area (Å²) >= 11 is 11.7. The second kappa shape index (κ2) is 9.89. The third-order valence-electron chi connectivity index (χ3n) is 3.07. The van der Waals surface area contributed by atoms with Crippen molar-refractivity contribution in [3.05, 3.63) is 64.1 Å². The van der Waals surface area contributed by atoms with Crippen LogP contribution in [0.5, 0.6) is 5.75 Å². The first-order valence-electron chi connectivity index (χ1n) is 7.48. The maximum atomic E-state index is 12.1. The number of rotatable bonds is 7. The molecule has 0 aliphatic carbocycles. The lowest BCUT2D eigenvalue weighted by molar-refractivity contribution is -0.142. The van der Waals surface area contributed by atoms with E-state index in [4.69, 9.17) is 27.9 Å². The van der Waals surface area contributed by atoms with Gasteiger partial charge in [-0.25, -0.2) is 4.79 Å². The smallest absolute Gasteiger partial charge is 0.387 e. The van der Waals surface area contributed by atoms with Gasteiger partial charge in [0.25, 0.3) is 5.91 Å². The maximum Gasteiger partial charge on any atom is 0.387 e. The molecule has 0 bridgehead atoms. The van der Waals surface area contributed by atoms with Crippen LogP contribution in [0, 0.1) is 0 Å². The number of benzene rings is 2. The summed E-state index contributed by atoms with van der Waals surface area (Å²) in [5, 5.41) is 3.15. The van der Waals surface area contributed by atoms with Gasteiger partial charge in [-0.1, -0.05) is 35.3 Å². The van der Waals surface area contributed by atoms with Gasteiger partial charge in [0, 0.05) is 11.1 Å². The van der Waals surface area contributed by atoms with Crippen LogP contribution in [0.2, 0.25) is 10.0 Å². The largest absolute Gasteiger partial charge is 0.452 e. The van der Waals surface area contributed by atoms with E-state index in [9.17, 15) is 18.4 Å². The van der Waals surface area contributed by atoms with Crippen molar-refractivity contribution in [1.82, 2.24) is 0 Å². The van der Waals surface area contributed by atoms with Gasteiger partial charge in [0.1, 0.15) is 5.75 Å². The molecule has 0 atom stereocenters. The van der Waals surface area contributed by atoms with E-state index in [1.807, 2.05) is 0 Å². The molecule has 2 aromatic rings. The number of esters is 1. The molecule has 142 valence electrons. The predicted molar refractivity (Wildman–Crippen MR) is 98.2 cm³/mol. The monoisotopic (exact) mass is 415 g/mol. The van der Waals surface area contributed by atoms with Gasteiger partial charge in [-0.15, -0.1) is 0 Å². The lowest BCUT2D eigenvalue weighted by atomic mass is 10.2. The van der Waals surface area contributed by atoms with E-state index in [2.05, 4.69) is 10.1 Å². The van der Waals surface area contributed by atoms with Gasteiger partial charge in [0.2, 0.25) is 0 Å². The zero-order chi connectivity index (χ0) is 19.8. The molecule has 0 unspecified atom stereocenters. The summed E-state index contributed by atoms with van der Waals surface area (Å²) in [6.07, 6.45) is 2.50. The molecule has 0 heterocycles. The van der Waals surface area contributed by atoms with E-state index in [1.54, 1.807) is 6.07 Å². The summed E-state index contributed by atoms with van der Waals surface area (Å²) in [7, 11) is 0. The predicted octanol–water partition coefficient (Wildman–Crippen LogP) is 4.79. The number of carbonyl (C=O) groups is 2. The topological polar surface area (TPSA) is 64.6 Å². The lowest BCUT2D eigenvalue weighted by Gasteiger charge is -2.07. The molecule has 0 radical (unpaired) electrons. The molecule has 27 heavy (non-hydrogen) atoms. The molecule has 0 saturated heterocycles. The van der Waals surface area contributed by atoms with Crippen molar-refractivity contribution in [2.75, 3.05) is 11.9 Å². The minimum atomic E-state index is -2.91. The van der Waals surface area contributed by atoms with Crippen molar-refractivity contribution in [2.45, 2.75) is 6.61 Å². The van der Waals surface area contributed by atoms with Crippen molar-refractivity contribution in [2.24, 2.45) is 0 Å². The highest BCUT2D eigenvalue weighted by Gasteiger charge is 2.09. The minimum absolute atomic E-state index is 0.000994. The first-order valence-corrected chi connectivity index (χ1v) is 8.23. The Hall–Kier alpha value is -2.64. The van der Waals surface area contributed by atoms with Crippen LogP contribution in [0.1, 0.15) is 5.56 Å². The SMILES string of the molecule is O=C(COC(=O)/C=C/c1ccc(OC(F)F)cc1)Nc1cc(Cl)ccc1Cl.